The molecule has 270 valence electrons. The van der Waals surface area contributed by atoms with Crippen molar-refractivity contribution < 1.29 is 0 Å². The molecule has 4 aromatic heterocycles. The van der Waals surface area contributed by atoms with E-state index in [4.69, 9.17) is 0 Å². The second-order valence-electron chi connectivity index (χ2n) is 15.3. The molecule has 4 heteroatoms. The number of hydrogen-bond acceptors (Lipinski definition) is 1. The Morgan fingerprint density at radius 2 is 0.966 bits per heavy atom. The second-order valence-corrected chi connectivity index (χ2v) is 17.6. The predicted octanol–water partition coefficient (Wildman–Crippen LogP) is 14.4. The number of aromatic nitrogens is 2. The summed E-state index contributed by atoms with van der Waals surface area (Å²) in [6.07, 6.45) is 0. The molecule has 0 aliphatic heterocycles. The average molecular weight is 803 g/mol. The number of anilines is 3. The van der Waals surface area contributed by atoms with Gasteiger partial charge in [-0.3, -0.25) is 0 Å². The number of rotatable bonds is 5. The van der Waals surface area contributed by atoms with Crippen molar-refractivity contribution in [1.29, 1.82) is 0 Å². The van der Waals surface area contributed by atoms with Crippen molar-refractivity contribution in [2.75, 3.05) is 4.90 Å². The van der Waals surface area contributed by atoms with E-state index in [0.29, 0.717) is 0 Å². The van der Waals surface area contributed by atoms with E-state index in [1.807, 2.05) is 0 Å². The third-order valence-electron chi connectivity index (χ3n) is 12.2. The molecule has 0 aliphatic carbocycles. The maximum atomic E-state index is 2.58. The Bertz CT molecular complexity index is 3740. The van der Waals surface area contributed by atoms with Gasteiger partial charge in [0, 0.05) is 0 Å². The van der Waals surface area contributed by atoms with Gasteiger partial charge in [0.2, 0.25) is 0 Å². The van der Waals surface area contributed by atoms with Gasteiger partial charge in [-0.2, -0.15) is 0 Å². The van der Waals surface area contributed by atoms with Gasteiger partial charge in [0.1, 0.15) is 0 Å². The van der Waals surface area contributed by atoms with E-state index in [1.165, 1.54) is 90.3 Å². The first-order valence-electron chi connectivity index (χ1n) is 19.9. The molecule has 0 radical (unpaired) electrons. The molecule has 0 saturated heterocycles. The number of nitrogens with zero attached hydrogens (tertiary/aromatic N) is 3. The molecule has 0 bridgehead atoms. The summed E-state index contributed by atoms with van der Waals surface area (Å²) in [6.45, 7) is 0. The van der Waals surface area contributed by atoms with E-state index in [-0.39, 0.29) is 14.5 Å². The van der Waals surface area contributed by atoms with E-state index in [1.54, 1.807) is 0 Å². The number of fused-ring (bicyclic) bond motifs is 8. The Balaban J connectivity index is 1.21. The summed E-state index contributed by atoms with van der Waals surface area (Å²) in [4.78, 5) is 2.53. The summed E-state index contributed by atoms with van der Waals surface area (Å²) in [6, 6.07) is 74.1. The third-order valence-corrected chi connectivity index (χ3v) is 14.5. The molecule has 0 aliphatic rings. The minimum atomic E-state index is 0.127. The van der Waals surface area contributed by atoms with Crippen molar-refractivity contribution in [3.63, 3.8) is 0 Å². The van der Waals surface area contributed by atoms with Gasteiger partial charge in [0.05, 0.1) is 0 Å². The van der Waals surface area contributed by atoms with E-state index >= 15 is 0 Å². The standard InChI is InChI=1S/C54H33N3Se/c1-3-15-34(16-4-1)35-17-11-20-37(31-35)55(47-29-13-26-43-40-22-7-9-27-45(40)56(54(43)47)36-18-5-2-6-19-36)38-32-48-52-50(33-38)58-49-30-14-23-41(51(49)52)44-25-12-24-42-39-21-8-10-28-46(39)57(48)53(42)44/h1-33H. The topological polar surface area (TPSA) is 12.6 Å². The number of hydrogen-bond donors (Lipinski definition) is 0. The third kappa shape index (κ3) is 4.44. The summed E-state index contributed by atoms with van der Waals surface area (Å²) in [5.41, 5.74) is 13.1. The molecule has 3 nitrogen and oxygen atoms in total. The fraction of sp³-hybridized carbons (Fsp3) is 0. The van der Waals surface area contributed by atoms with Crippen LogP contribution in [-0.2, 0) is 0 Å². The van der Waals surface area contributed by atoms with Crippen LogP contribution in [0.2, 0.25) is 0 Å². The second kappa shape index (κ2) is 12.2. The molecular weight excluding hydrogens is 770 g/mol. The first kappa shape index (κ1) is 32.0. The van der Waals surface area contributed by atoms with E-state index in [9.17, 15) is 0 Å². The molecule has 58 heavy (non-hydrogen) atoms. The van der Waals surface area contributed by atoms with Crippen LogP contribution in [0, 0.1) is 0 Å². The Hall–Kier alpha value is -7.10. The van der Waals surface area contributed by atoms with Crippen LogP contribution in [0.1, 0.15) is 0 Å². The monoisotopic (exact) mass is 803 g/mol. The fourth-order valence-corrected chi connectivity index (χ4v) is 12.3. The Morgan fingerprint density at radius 3 is 1.79 bits per heavy atom. The molecule has 0 fully saturated rings. The van der Waals surface area contributed by atoms with Crippen molar-refractivity contribution in [2.45, 2.75) is 0 Å². The molecule has 9 aromatic carbocycles. The molecule has 0 amide bonds. The summed E-state index contributed by atoms with van der Waals surface area (Å²) >= 11 is 0.127. The summed E-state index contributed by atoms with van der Waals surface area (Å²) in [5.74, 6) is 0. The van der Waals surface area contributed by atoms with Crippen molar-refractivity contribution >= 4 is 111 Å². The van der Waals surface area contributed by atoms with Crippen LogP contribution >= 0.6 is 0 Å². The molecule has 13 aromatic rings. The first-order chi connectivity index (χ1) is 28.8. The summed E-state index contributed by atoms with van der Waals surface area (Å²) < 4.78 is 7.91. The van der Waals surface area contributed by atoms with Crippen LogP contribution in [-0.4, -0.2) is 23.5 Å². The van der Waals surface area contributed by atoms with E-state index < -0.39 is 0 Å². The van der Waals surface area contributed by atoms with Crippen molar-refractivity contribution in [1.82, 2.24) is 8.97 Å². The molecule has 4 heterocycles. The van der Waals surface area contributed by atoms with Gasteiger partial charge < -0.3 is 0 Å². The Morgan fingerprint density at radius 1 is 0.362 bits per heavy atom. The number of para-hydroxylation sites is 5. The van der Waals surface area contributed by atoms with Crippen LogP contribution in [0.4, 0.5) is 17.1 Å². The minimum absolute atomic E-state index is 0.127. The molecule has 0 spiro atoms. The normalized spacial score (nSPS) is 12.1. The molecule has 0 saturated carbocycles. The molecule has 13 rings (SSSR count). The molecule has 0 atom stereocenters. The number of benzene rings is 9. The van der Waals surface area contributed by atoms with Crippen molar-refractivity contribution in [2.24, 2.45) is 0 Å². The van der Waals surface area contributed by atoms with Gasteiger partial charge in [0.15, 0.2) is 0 Å². The quantitative estimate of drug-likeness (QED) is 0.158. The fourth-order valence-electron chi connectivity index (χ4n) is 9.84. The Labute approximate surface area is 339 Å². The zero-order valence-electron chi connectivity index (χ0n) is 31.3. The van der Waals surface area contributed by atoms with Gasteiger partial charge in [-0.25, -0.2) is 0 Å². The van der Waals surface area contributed by atoms with Crippen LogP contribution in [0.15, 0.2) is 200 Å². The van der Waals surface area contributed by atoms with E-state index in [2.05, 4.69) is 214 Å². The van der Waals surface area contributed by atoms with Crippen LogP contribution in [0.5, 0.6) is 0 Å². The SMILES string of the molecule is c1ccc(-c2cccc(N(c3cc4[se]c5cccc6c7cccc8c9ccccc9n(c(c3)c4c56)c78)c3cccc4c5ccccc5n(-c5ccccc5)c34)c2)cc1. The average Bonchev–Trinajstić information content (AvgIpc) is 3.92. The van der Waals surface area contributed by atoms with Crippen molar-refractivity contribution in [3.8, 4) is 16.8 Å². The maximum absolute atomic E-state index is 2.58. The van der Waals surface area contributed by atoms with Gasteiger partial charge in [-0.1, -0.05) is 0 Å². The van der Waals surface area contributed by atoms with E-state index in [0.717, 1.165) is 22.7 Å². The summed E-state index contributed by atoms with van der Waals surface area (Å²) in [5, 5.41) is 10.5. The van der Waals surface area contributed by atoms with Gasteiger partial charge in [-0.05, 0) is 0 Å². The zero-order chi connectivity index (χ0) is 37.9. The van der Waals surface area contributed by atoms with Gasteiger partial charge in [0.25, 0.3) is 0 Å². The molecule has 0 unspecified atom stereocenters. The van der Waals surface area contributed by atoms with Gasteiger partial charge in [-0.15, -0.1) is 0 Å². The van der Waals surface area contributed by atoms with Crippen LogP contribution in [0.3, 0.4) is 0 Å². The van der Waals surface area contributed by atoms with Crippen molar-refractivity contribution in [3.05, 3.63) is 200 Å². The Kier molecular flexibility index (Phi) is 6.74. The van der Waals surface area contributed by atoms with Crippen LogP contribution < -0.4 is 4.90 Å². The summed E-state index contributed by atoms with van der Waals surface area (Å²) in [7, 11) is 0. The molecular formula is C54H33N3Se. The molecule has 0 N–H and O–H groups in total. The van der Waals surface area contributed by atoms with Gasteiger partial charge >= 0.3 is 342 Å². The first-order valence-corrected chi connectivity index (χ1v) is 21.6. The predicted molar refractivity (Wildman–Crippen MR) is 248 cm³/mol. The zero-order valence-corrected chi connectivity index (χ0v) is 33.0. The van der Waals surface area contributed by atoms with Crippen LogP contribution in [0.25, 0.3) is 96.0 Å².